The number of ether oxygens (including phenoxy) is 2. The van der Waals surface area contributed by atoms with Crippen LogP contribution in [0.4, 0.5) is 0 Å². The summed E-state index contributed by atoms with van der Waals surface area (Å²) in [6.45, 7) is 4.02. The zero-order valence-electron chi connectivity index (χ0n) is 10.5. The molecule has 1 amide bonds. The highest BCUT2D eigenvalue weighted by atomic mass is 16.7. The van der Waals surface area contributed by atoms with Crippen molar-refractivity contribution in [1.29, 1.82) is 0 Å². The van der Waals surface area contributed by atoms with Gasteiger partial charge in [0, 0.05) is 13.1 Å². The fourth-order valence-electron chi connectivity index (χ4n) is 2.54. The van der Waals surface area contributed by atoms with E-state index in [9.17, 15) is 4.79 Å². The molecule has 2 aliphatic heterocycles. The molecule has 2 aliphatic rings. The van der Waals surface area contributed by atoms with Crippen LogP contribution >= 0.6 is 0 Å². The van der Waals surface area contributed by atoms with E-state index in [2.05, 4.69) is 0 Å². The van der Waals surface area contributed by atoms with Gasteiger partial charge in [-0.3, -0.25) is 4.79 Å². The molecule has 0 unspecified atom stereocenters. The second-order valence-corrected chi connectivity index (χ2v) is 4.87. The molecule has 1 fully saturated rings. The van der Waals surface area contributed by atoms with Gasteiger partial charge in [0.25, 0.3) is 0 Å². The fourth-order valence-corrected chi connectivity index (χ4v) is 2.54. The number of carbonyl (C=O) groups is 1. The van der Waals surface area contributed by atoms with Gasteiger partial charge in [0.2, 0.25) is 12.7 Å². The van der Waals surface area contributed by atoms with Gasteiger partial charge in [-0.25, -0.2) is 0 Å². The fraction of sp³-hybridized carbons (Fsp3) is 0.500. The minimum atomic E-state index is -0.113. The molecule has 18 heavy (non-hydrogen) atoms. The molecule has 0 aromatic heterocycles. The van der Waals surface area contributed by atoms with E-state index in [1.807, 2.05) is 30.0 Å². The van der Waals surface area contributed by atoms with Crippen molar-refractivity contribution in [3.63, 3.8) is 0 Å². The highest BCUT2D eigenvalue weighted by Gasteiger charge is 2.25. The number of rotatable bonds is 2. The van der Waals surface area contributed by atoms with Crippen LogP contribution in [0.25, 0.3) is 0 Å². The maximum Gasteiger partial charge on any atom is 0.231 e. The van der Waals surface area contributed by atoms with Crippen molar-refractivity contribution in [3.05, 3.63) is 23.8 Å². The Bertz CT molecular complexity index is 466. The summed E-state index contributed by atoms with van der Waals surface area (Å²) in [4.78, 5) is 14.3. The molecule has 1 saturated heterocycles. The number of amides is 1. The number of nitrogens with zero attached hydrogens (tertiary/aromatic N) is 1. The third kappa shape index (κ3) is 1.92. The average Bonchev–Trinajstić information content (AvgIpc) is 3.06. The van der Waals surface area contributed by atoms with E-state index in [1.54, 1.807) is 0 Å². The Morgan fingerprint density at radius 3 is 2.72 bits per heavy atom. The lowest BCUT2D eigenvalue weighted by molar-refractivity contribution is -0.131. The van der Waals surface area contributed by atoms with Gasteiger partial charge >= 0.3 is 0 Å². The van der Waals surface area contributed by atoms with Crippen LogP contribution in [0.15, 0.2) is 18.2 Å². The van der Waals surface area contributed by atoms with Crippen molar-refractivity contribution in [2.75, 3.05) is 19.9 Å². The Morgan fingerprint density at radius 2 is 1.94 bits per heavy atom. The topological polar surface area (TPSA) is 38.8 Å². The van der Waals surface area contributed by atoms with Crippen LogP contribution in [0.3, 0.4) is 0 Å². The van der Waals surface area contributed by atoms with Gasteiger partial charge in [0.1, 0.15) is 0 Å². The number of fused-ring (bicyclic) bond motifs is 1. The van der Waals surface area contributed by atoms with Gasteiger partial charge in [-0.05, 0) is 37.5 Å². The van der Waals surface area contributed by atoms with Gasteiger partial charge in [-0.2, -0.15) is 0 Å². The SMILES string of the molecule is C[C@@H](C(=O)N1CCCC1)c1ccc2c(c1)OCO2. The van der Waals surface area contributed by atoms with Crippen molar-refractivity contribution in [2.24, 2.45) is 0 Å². The Morgan fingerprint density at radius 1 is 1.22 bits per heavy atom. The summed E-state index contributed by atoms with van der Waals surface area (Å²) in [5.74, 6) is 1.61. The van der Waals surface area contributed by atoms with Crippen LogP contribution in [0, 0.1) is 0 Å². The third-order valence-corrected chi connectivity index (χ3v) is 3.68. The second kappa shape index (κ2) is 4.52. The Kier molecular flexibility index (Phi) is 2.86. The molecule has 0 aliphatic carbocycles. The smallest absolute Gasteiger partial charge is 0.231 e. The molecule has 0 saturated carbocycles. The molecule has 0 N–H and O–H groups in total. The molecule has 0 bridgehead atoms. The van der Waals surface area contributed by atoms with E-state index in [4.69, 9.17) is 9.47 Å². The van der Waals surface area contributed by atoms with Crippen molar-refractivity contribution in [2.45, 2.75) is 25.7 Å². The molecular formula is C14H17NO3. The first-order valence-corrected chi connectivity index (χ1v) is 6.44. The van der Waals surface area contributed by atoms with Crippen LogP contribution in [-0.4, -0.2) is 30.7 Å². The predicted molar refractivity (Wildman–Crippen MR) is 66.8 cm³/mol. The number of carbonyl (C=O) groups excluding carboxylic acids is 1. The molecule has 4 nitrogen and oxygen atoms in total. The Labute approximate surface area is 106 Å². The number of hydrogen-bond donors (Lipinski definition) is 0. The summed E-state index contributed by atoms with van der Waals surface area (Å²) in [6, 6.07) is 5.75. The summed E-state index contributed by atoms with van der Waals surface area (Å²) in [5, 5.41) is 0. The normalized spacial score (nSPS) is 19.1. The monoisotopic (exact) mass is 247 g/mol. The maximum absolute atomic E-state index is 12.3. The Balaban J connectivity index is 1.79. The molecule has 1 aromatic carbocycles. The van der Waals surface area contributed by atoms with Crippen LogP contribution in [-0.2, 0) is 4.79 Å². The number of benzene rings is 1. The summed E-state index contributed by atoms with van der Waals surface area (Å²) in [7, 11) is 0. The quantitative estimate of drug-likeness (QED) is 0.803. The minimum absolute atomic E-state index is 0.113. The van der Waals surface area contributed by atoms with Crippen LogP contribution in [0.5, 0.6) is 11.5 Å². The lowest BCUT2D eigenvalue weighted by atomic mass is 9.99. The van der Waals surface area contributed by atoms with Crippen molar-refractivity contribution >= 4 is 5.91 Å². The zero-order valence-corrected chi connectivity index (χ0v) is 10.5. The lowest BCUT2D eigenvalue weighted by Crippen LogP contribution is -2.31. The average molecular weight is 247 g/mol. The van der Waals surface area contributed by atoms with Crippen LogP contribution in [0.2, 0.25) is 0 Å². The molecule has 1 atom stereocenters. The molecule has 3 rings (SSSR count). The Hall–Kier alpha value is -1.71. The molecule has 96 valence electrons. The van der Waals surface area contributed by atoms with E-state index in [0.717, 1.165) is 43.0 Å². The maximum atomic E-state index is 12.3. The van der Waals surface area contributed by atoms with E-state index in [-0.39, 0.29) is 18.6 Å². The van der Waals surface area contributed by atoms with E-state index in [1.165, 1.54) is 0 Å². The lowest BCUT2D eigenvalue weighted by Gasteiger charge is -2.20. The summed E-state index contributed by atoms with van der Waals surface area (Å²) in [6.07, 6.45) is 2.25. The van der Waals surface area contributed by atoms with Crippen molar-refractivity contribution < 1.29 is 14.3 Å². The molecule has 1 aromatic rings. The van der Waals surface area contributed by atoms with Crippen molar-refractivity contribution in [3.8, 4) is 11.5 Å². The molecular weight excluding hydrogens is 230 g/mol. The number of hydrogen-bond acceptors (Lipinski definition) is 3. The van der Waals surface area contributed by atoms with Crippen molar-refractivity contribution in [1.82, 2.24) is 4.90 Å². The summed E-state index contributed by atoms with van der Waals surface area (Å²) >= 11 is 0. The van der Waals surface area contributed by atoms with Crippen LogP contribution in [0.1, 0.15) is 31.2 Å². The van der Waals surface area contributed by atoms with Gasteiger partial charge in [0.05, 0.1) is 5.92 Å². The largest absolute Gasteiger partial charge is 0.454 e. The van der Waals surface area contributed by atoms with Crippen LogP contribution < -0.4 is 9.47 Å². The van der Waals surface area contributed by atoms with Gasteiger partial charge in [-0.1, -0.05) is 6.07 Å². The van der Waals surface area contributed by atoms with Gasteiger partial charge in [-0.15, -0.1) is 0 Å². The van der Waals surface area contributed by atoms with E-state index < -0.39 is 0 Å². The highest BCUT2D eigenvalue weighted by molar-refractivity contribution is 5.83. The second-order valence-electron chi connectivity index (χ2n) is 4.87. The summed E-state index contributed by atoms with van der Waals surface area (Å²) < 4.78 is 10.6. The minimum Gasteiger partial charge on any atom is -0.454 e. The standard InChI is InChI=1S/C14H17NO3/c1-10(14(16)15-6-2-3-7-15)11-4-5-12-13(8-11)18-9-17-12/h4-5,8,10H,2-3,6-7,9H2,1H3/t10-/m1/s1. The first kappa shape index (κ1) is 11.4. The van der Waals surface area contributed by atoms with E-state index in [0.29, 0.717) is 0 Å². The summed E-state index contributed by atoms with van der Waals surface area (Å²) in [5.41, 5.74) is 0.996. The molecule has 2 heterocycles. The molecule has 4 heteroatoms. The molecule has 0 spiro atoms. The third-order valence-electron chi connectivity index (χ3n) is 3.68. The highest BCUT2D eigenvalue weighted by Crippen LogP contribution is 2.35. The van der Waals surface area contributed by atoms with E-state index >= 15 is 0 Å². The predicted octanol–water partition coefficient (Wildman–Crippen LogP) is 2.14. The van der Waals surface area contributed by atoms with Gasteiger partial charge in [0.15, 0.2) is 11.5 Å². The zero-order chi connectivity index (χ0) is 12.5. The van der Waals surface area contributed by atoms with Gasteiger partial charge < -0.3 is 14.4 Å². The first-order chi connectivity index (χ1) is 8.75. The first-order valence-electron chi connectivity index (χ1n) is 6.44. The number of likely N-dealkylation sites (tertiary alicyclic amines) is 1. The molecule has 0 radical (unpaired) electrons.